The van der Waals surface area contributed by atoms with Crippen LogP contribution in [0.4, 0.5) is 0 Å². The minimum atomic E-state index is -3.45. The summed E-state index contributed by atoms with van der Waals surface area (Å²) in [4.78, 5) is 0. The molecule has 210 valence electrons. The second kappa shape index (κ2) is 17.8. The zero-order valence-electron chi connectivity index (χ0n) is 22.9. The zero-order valence-corrected chi connectivity index (χ0v) is 25.7. The Hall–Kier alpha value is -1.78. The molecule has 6 nitrogen and oxygen atoms in total. The van der Waals surface area contributed by atoms with E-state index in [2.05, 4.69) is 91.0 Å². The molecule has 0 aliphatic carbocycles. The van der Waals surface area contributed by atoms with Crippen molar-refractivity contribution in [3.05, 3.63) is 91.0 Å². The maximum atomic E-state index is 6.20. The van der Waals surface area contributed by atoms with Crippen LogP contribution in [0.3, 0.4) is 0 Å². The Kier molecular flexibility index (Phi) is 13.8. The summed E-state index contributed by atoms with van der Waals surface area (Å²) >= 11 is -3.45. The molecular weight excluding hydrogens is 599 g/mol. The van der Waals surface area contributed by atoms with Crippen molar-refractivity contribution in [2.24, 2.45) is 5.92 Å². The average molecular weight is 641 g/mol. The van der Waals surface area contributed by atoms with E-state index in [0.29, 0.717) is 79.3 Å². The summed E-state index contributed by atoms with van der Waals surface area (Å²) in [5.41, 5.74) is 0. The van der Waals surface area contributed by atoms with Crippen molar-refractivity contribution in [3.8, 4) is 0 Å². The molecule has 0 amide bonds. The molecule has 0 radical (unpaired) electrons. The number of benzene rings is 3. The third-order valence-corrected chi connectivity index (χ3v) is 21.7. The Morgan fingerprint density at radius 1 is 0.410 bits per heavy atom. The van der Waals surface area contributed by atoms with Crippen LogP contribution in [-0.4, -0.2) is 97.7 Å². The second-order valence-electron chi connectivity index (χ2n) is 9.67. The van der Waals surface area contributed by atoms with Crippen LogP contribution >= 0.6 is 0 Å². The van der Waals surface area contributed by atoms with Crippen LogP contribution in [0.2, 0.25) is 4.44 Å². The summed E-state index contributed by atoms with van der Waals surface area (Å²) < 4.78 is 40.4. The van der Waals surface area contributed by atoms with E-state index in [-0.39, 0.29) is 5.92 Å². The molecule has 1 aliphatic rings. The minimum absolute atomic E-state index is 0.232. The van der Waals surface area contributed by atoms with Crippen molar-refractivity contribution >= 4 is 29.1 Å². The van der Waals surface area contributed by atoms with Gasteiger partial charge < -0.3 is 0 Å². The Bertz CT molecular complexity index is 904. The van der Waals surface area contributed by atoms with Gasteiger partial charge in [-0.3, -0.25) is 0 Å². The van der Waals surface area contributed by atoms with Crippen molar-refractivity contribution in [1.82, 2.24) is 0 Å². The number of hydrogen-bond donors (Lipinski definition) is 0. The number of ether oxygens (including phenoxy) is 6. The molecule has 0 bridgehead atoms. The van der Waals surface area contributed by atoms with Gasteiger partial charge in [-0.05, 0) is 0 Å². The summed E-state index contributed by atoms with van der Waals surface area (Å²) in [6.45, 7) is 6.77. The van der Waals surface area contributed by atoms with Crippen LogP contribution in [0.1, 0.15) is 0 Å². The molecule has 1 heterocycles. The molecule has 4 rings (SSSR count). The Balaban J connectivity index is 1.56. The van der Waals surface area contributed by atoms with E-state index in [0.717, 1.165) is 4.44 Å². The third kappa shape index (κ3) is 9.67. The topological polar surface area (TPSA) is 55.4 Å². The van der Waals surface area contributed by atoms with Gasteiger partial charge in [-0.25, -0.2) is 0 Å². The van der Waals surface area contributed by atoms with Crippen LogP contribution in [0.15, 0.2) is 91.0 Å². The summed E-state index contributed by atoms with van der Waals surface area (Å²) in [5, 5.41) is 0. The fourth-order valence-electron chi connectivity index (χ4n) is 5.12. The molecular formula is C32H42O6Sn. The molecule has 1 fully saturated rings. The Morgan fingerprint density at radius 2 is 0.692 bits per heavy atom. The van der Waals surface area contributed by atoms with E-state index in [1.54, 1.807) is 0 Å². The van der Waals surface area contributed by atoms with Gasteiger partial charge in [0.25, 0.3) is 0 Å². The molecule has 0 N–H and O–H groups in total. The number of rotatable bonds is 5. The van der Waals surface area contributed by atoms with E-state index in [4.69, 9.17) is 28.4 Å². The predicted molar refractivity (Wildman–Crippen MR) is 157 cm³/mol. The molecule has 39 heavy (non-hydrogen) atoms. The van der Waals surface area contributed by atoms with Gasteiger partial charge in [0.2, 0.25) is 0 Å². The van der Waals surface area contributed by atoms with Gasteiger partial charge in [-0.2, -0.15) is 0 Å². The molecule has 3 aromatic carbocycles. The predicted octanol–water partition coefficient (Wildman–Crippen LogP) is 2.89. The zero-order chi connectivity index (χ0) is 26.9. The van der Waals surface area contributed by atoms with E-state index < -0.39 is 18.4 Å². The SMILES string of the molecule is c1cc[c]([Sn]([CH2]C2COCCOCCOCCOCCOCCOC2)([c]2ccccc2)[c]2ccccc2)cc1. The molecule has 0 atom stereocenters. The van der Waals surface area contributed by atoms with Gasteiger partial charge in [0.1, 0.15) is 0 Å². The van der Waals surface area contributed by atoms with Gasteiger partial charge >= 0.3 is 238 Å². The fourth-order valence-corrected chi connectivity index (χ4v) is 19.7. The molecule has 1 saturated heterocycles. The summed E-state index contributed by atoms with van der Waals surface area (Å²) in [6, 6.07) is 33.3. The summed E-state index contributed by atoms with van der Waals surface area (Å²) in [7, 11) is 0. The molecule has 0 spiro atoms. The van der Waals surface area contributed by atoms with Crippen LogP contribution in [0.25, 0.3) is 0 Å². The van der Waals surface area contributed by atoms with Crippen molar-refractivity contribution in [3.63, 3.8) is 0 Å². The van der Waals surface area contributed by atoms with Crippen LogP contribution in [0.5, 0.6) is 0 Å². The van der Waals surface area contributed by atoms with Gasteiger partial charge in [0, 0.05) is 0 Å². The summed E-state index contributed by atoms with van der Waals surface area (Å²) in [5.74, 6) is 0.232. The molecule has 3 aromatic rings. The Labute approximate surface area is 237 Å². The maximum absolute atomic E-state index is 6.20. The Morgan fingerprint density at radius 3 is 1.00 bits per heavy atom. The molecule has 7 heteroatoms. The summed E-state index contributed by atoms with van der Waals surface area (Å²) in [6.07, 6.45) is 0. The first-order valence-electron chi connectivity index (χ1n) is 14.0. The standard InChI is InChI=1S/C14H27O6.3C6H5.Sn/c1-14-12-19-10-8-17-6-4-15-2-3-16-5-7-18-9-11-20-13-14;3*1-2-4-6-5-3-1;/h14H,1-13H2;3*1-5H;. The van der Waals surface area contributed by atoms with Crippen molar-refractivity contribution < 1.29 is 28.4 Å². The number of hydrogen-bond acceptors (Lipinski definition) is 6. The normalized spacial score (nSPS) is 18.5. The molecule has 0 unspecified atom stereocenters. The van der Waals surface area contributed by atoms with Crippen molar-refractivity contribution in [2.75, 3.05) is 79.3 Å². The van der Waals surface area contributed by atoms with E-state index in [9.17, 15) is 0 Å². The molecule has 0 aromatic heterocycles. The van der Waals surface area contributed by atoms with Crippen LogP contribution in [-0.2, 0) is 28.4 Å². The van der Waals surface area contributed by atoms with Crippen molar-refractivity contribution in [1.29, 1.82) is 0 Å². The van der Waals surface area contributed by atoms with Crippen LogP contribution in [0, 0.1) is 5.92 Å². The quantitative estimate of drug-likeness (QED) is 0.400. The first kappa shape index (κ1) is 30.2. The second-order valence-corrected chi connectivity index (χ2v) is 20.9. The third-order valence-electron chi connectivity index (χ3n) is 6.96. The van der Waals surface area contributed by atoms with Gasteiger partial charge in [0.05, 0.1) is 0 Å². The first-order chi connectivity index (χ1) is 19.4. The molecule has 1 aliphatic heterocycles. The van der Waals surface area contributed by atoms with Crippen LogP contribution < -0.4 is 10.7 Å². The van der Waals surface area contributed by atoms with Gasteiger partial charge in [-0.1, -0.05) is 0 Å². The van der Waals surface area contributed by atoms with E-state index in [1.807, 2.05) is 0 Å². The van der Waals surface area contributed by atoms with E-state index >= 15 is 0 Å². The fraction of sp³-hybridized carbons (Fsp3) is 0.438. The monoisotopic (exact) mass is 642 g/mol. The molecule has 0 saturated carbocycles. The van der Waals surface area contributed by atoms with Gasteiger partial charge in [-0.15, -0.1) is 0 Å². The van der Waals surface area contributed by atoms with Crippen molar-refractivity contribution in [2.45, 2.75) is 4.44 Å². The van der Waals surface area contributed by atoms with Gasteiger partial charge in [0.15, 0.2) is 0 Å². The first-order valence-corrected chi connectivity index (χ1v) is 20.3. The average Bonchev–Trinajstić information content (AvgIpc) is 3.00. The van der Waals surface area contributed by atoms with E-state index in [1.165, 1.54) is 10.7 Å².